The maximum Gasteiger partial charge on any atom is 0.127 e. The van der Waals surface area contributed by atoms with Gasteiger partial charge in [0.05, 0.1) is 18.2 Å². The summed E-state index contributed by atoms with van der Waals surface area (Å²) in [7, 11) is 0. The third-order valence-electron chi connectivity index (χ3n) is 2.84. The van der Waals surface area contributed by atoms with Gasteiger partial charge in [0, 0.05) is 30.5 Å². The molecule has 0 amide bonds. The molecule has 1 heterocycles. The third kappa shape index (κ3) is 3.63. The first kappa shape index (κ1) is 13.2. The van der Waals surface area contributed by atoms with Gasteiger partial charge in [-0.2, -0.15) is 10.4 Å². The fourth-order valence-electron chi connectivity index (χ4n) is 1.82. The zero-order valence-electron chi connectivity index (χ0n) is 10.7. The predicted molar refractivity (Wildman–Crippen MR) is 69.6 cm³/mol. The number of hydrogen-bond acceptors (Lipinski definition) is 3. The van der Waals surface area contributed by atoms with Gasteiger partial charge in [0.2, 0.25) is 0 Å². The average Bonchev–Trinajstić information content (AvgIpc) is 2.90. The summed E-state index contributed by atoms with van der Waals surface area (Å²) in [6.45, 7) is 3.12. The van der Waals surface area contributed by atoms with Gasteiger partial charge in [-0.25, -0.2) is 4.39 Å². The number of hydrogen-bond donors (Lipinski definition) is 1. The lowest BCUT2D eigenvalue weighted by Gasteiger charge is -2.14. The van der Waals surface area contributed by atoms with E-state index in [2.05, 4.69) is 10.4 Å². The third-order valence-corrected chi connectivity index (χ3v) is 2.84. The van der Waals surface area contributed by atoms with Crippen molar-refractivity contribution in [3.63, 3.8) is 0 Å². The summed E-state index contributed by atoms with van der Waals surface area (Å²) in [6, 6.07) is 8.41. The zero-order valence-corrected chi connectivity index (χ0v) is 10.7. The van der Waals surface area contributed by atoms with Gasteiger partial charge >= 0.3 is 0 Å². The van der Waals surface area contributed by atoms with Crippen molar-refractivity contribution in [1.29, 1.82) is 5.26 Å². The highest BCUT2D eigenvalue weighted by Crippen LogP contribution is 2.10. The molecule has 0 saturated heterocycles. The Hall–Kier alpha value is -2.19. The largest absolute Gasteiger partial charge is 0.308 e. The number of benzene rings is 1. The Labute approximate surface area is 111 Å². The molecule has 0 aliphatic heterocycles. The van der Waals surface area contributed by atoms with Gasteiger partial charge in [-0.05, 0) is 31.2 Å². The Balaban J connectivity index is 1.93. The summed E-state index contributed by atoms with van der Waals surface area (Å²) in [5, 5.41) is 16.1. The number of nitriles is 1. The van der Waals surface area contributed by atoms with Crippen LogP contribution in [0.3, 0.4) is 0 Å². The molecule has 1 aromatic carbocycles. The molecule has 0 bridgehead atoms. The van der Waals surface area contributed by atoms with E-state index in [0.717, 1.165) is 0 Å². The van der Waals surface area contributed by atoms with Gasteiger partial charge in [-0.15, -0.1) is 0 Å². The molecule has 1 aromatic heterocycles. The highest BCUT2D eigenvalue weighted by atomic mass is 19.1. The highest BCUT2D eigenvalue weighted by Gasteiger charge is 2.07. The molecule has 2 aromatic rings. The van der Waals surface area contributed by atoms with Crippen molar-refractivity contribution in [2.45, 2.75) is 26.1 Å². The molecule has 0 fully saturated rings. The normalized spacial score (nSPS) is 12.1. The number of rotatable bonds is 5. The lowest BCUT2D eigenvalue weighted by Crippen LogP contribution is -2.30. The number of nitrogens with zero attached hydrogens (tertiary/aromatic N) is 3. The second-order valence-electron chi connectivity index (χ2n) is 4.43. The molecule has 98 valence electrons. The highest BCUT2D eigenvalue weighted by molar-refractivity contribution is 5.33. The first-order valence-electron chi connectivity index (χ1n) is 6.08. The summed E-state index contributed by atoms with van der Waals surface area (Å²) in [5.74, 6) is -0.294. The molecular weight excluding hydrogens is 243 g/mol. The predicted octanol–water partition coefficient (Wildman–Crippen LogP) is 2.07. The van der Waals surface area contributed by atoms with Crippen LogP contribution in [-0.4, -0.2) is 15.8 Å². The number of halogens is 1. The molecule has 1 atom stereocenters. The summed E-state index contributed by atoms with van der Waals surface area (Å²) in [6.07, 6.45) is 3.61. The minimum Gasteiger partial charge on any atom is -0.308 e. The minimum atomic E-state index is -0.294. The molecule has 19 heavy (non-hydrogen) atoms. The Morgan fingerprint density at radius 1 is 1.53 bits per heavy atom. The Morgan fingerprint density at radius 2 is 2.37 bits per heavy atom. The van der Waals surface area contributed by atoms with Gasteiger partial charge in [0.25, 0.3) is 0 Å². The first-order chi connectivity index (χ1) is 9.19. The zero-order chi connectivity index (χ0) is 13.7. The average molecular weight is 258 g/mol. The van der Waals surface area contributed by atoms with Crippen LogP contribution in [0.1, 0.15) is 18.1 Å². The van der Waals surface area contributed by atoms with Crippen LogP contribution < -0.4 is 5.32 Å². The van der Waals surface area contributed by atoms with Gasteiger partial charge < -0.3 is 5.32 Å². The van der Waals surface area contributed by atoms with E-state index >= 15 is 0 Å². The van der Waals surface area contributed by atoms with Crippen LogP contribution in [0.2, 0.25) is 0 Å². The topological polar surface area (TPSA) is 53.6 Å². The monoisotopic (exact) mass is 258 g/mol. The van der Waals surface area contributed by atoms with E-state index in [1.54, 1.807) is 12.3 Å². The minimum absolute atomic E-state index is 0.157. The van der Waals surface area contributed by atoms with Crippen molar-refractivity contribution in [3.05, 3.63) is 53.6 Å². The van der Waals surface area contributed by atoms with E-state index in [1.165, 1.54) is 12.1 Å². The van der Waals surface area contributed by atoms with E-state index in [4.69, 9.17) is 5.26 Å². The fraction of sp³-hybridized carbons (Fsp3) is 0.286. The SMILES string of the molecule is C[C@@H](Cn1cccn1)NCc1cc(C#N)ccc1F. The second kappa shape index (κ2) is 6.12. The van der Waals surface area contributed by atoms with E-state index in [1.807, 2.05) is 29.9 Å². The van der Waals surface area contributed by atoms with Crippen molar-refractivity contribution < 1.29 is 4.39 Å². The molecule has 0 radical (unpaired) electrons. The molecular formula is C14H15FN4. The lowest BCUT2D eigenvalue weighted by atomic mass is 10.1. The van der Waals surface area contributed by atoms with Crippen LogP contribution in [0.15, 0.2) is 36.7 Å². The fourth-order valence-corrected chi connectivity index (χ4v) is 1.82. The summed E-state index contributed by atoms with van der Waals surface area (Å²) in [4.78, 5) is 0. The lowest BCUT2D eigenvalue weighted by molar-refractivity contribution is 0.445. The Morgan fingerprint density at radius 3 is 3.05 bits per heavy atom. The second-order valence-corrected chi connectivity index (χ2v) is 4.43. The number of nitrogens with one attached hydrogen (secondary N) is 1. The van der Waals surface area contributed by atoms with Crippen molar-refractivity contribution in [1.82, 2.24) is 15.1 Å². The molecule has 0 unspecified atom stereocenters. The Kier molecular flexibility index (Phi) is 4.26. The van der Waals surface area contributed by atoms with Crippen molar-refractivity contribution >= 4 is 0 Å². The standard InChI is InChI=1S/C14H15FN4/c1-11(10-19-6-2-5-18-19)17-9-13-7-12(8-16)3-4-14(13)15/h2-7,11,17H,9-10H2,1H3/t11-/m0/s1. The quantitative estimate of drug-likeness (QED) is 0.893. The maximum atomic E-state index is 13.6. The van der Waals surface area contributed by atoms with Crippen molar-refractivity contribution in [2.75, 3.05) is 0 Å². The molecule has 0 spiro atoms. The molecule has 0 saturated carbocycles. The van der Waals surface area contributed by atoms with Gasteiger partial charge in [-0.1, -0.05) is 0 Å². The van der Waals surface area contributed by atoms with E-state index in [-0.39, 0.29) is 11.9 Å². The summed E-state index contributed by atoms with van der Waals surface area (Å²) < 4.78 is 15.4. The van der Waals surface area contributed by atoms with Crippen molar-refractivity contribution in [2.24, 2.45) is 0 Å². The van der Waals surface area contributed by atoms with E-state index in [0.29, 0.717) is 24.2 Å². The summed E-state index contributed by atoms with van der Waals surface area (Å²) >= 11 is 0. The van der Waals surface area contributed by atoms with E-state index in [9.17, 15) is 4.39 Å². The van der Waals surface area contributed by atoms with Gasteiger partial charge in [0.1, 0.15) is 5.82 Å². The molecule has 2 rings (SSSR count). The van der Waals surface area contributed by atoms with E-state index < -0.39 is 0 Å². The molecule has 4 nitrogen and oxygen atoms in total. The number of aromatic nitrogens is 2. The van der Waals surface area contributed by atoms with Crippen LogP contribution in [0.4, 0.5) is 4.39 Å². The van der Waals surface area contributed by atoms with Crippen LogP contribution in [0, 0.1) is 17.1 Å². The van der Waals surface area contributed by atoms with Crippen LogP contribution >= 0.6 is 0 Å². The van der Waals surface area contributed by atoms with Crippen molar-refractivity contribution in [3.8, 4) is 6.07 Å². The van der Waals surface area contributed by atoms with Crippen LogP contribution in [0.25, 0.3) is 0 Å². The van der Waals surface area contributed by atoms with Gasteiger partial charge in [-0.3, -0.25) is 4.68 Å². The molecule has 0 aliphatic rings. The van der Waals surface area contributed by atoms with Crippen LogP contribution in [-0.2, 0) is 13.1 Å². The summed E-state index contributed by atoms with van der Waals surface area (Å²) in [5.41, 5.74) is 0.976. The molecule has 1 N–H and O–H groups in total. The maximum absolute atomic E-state index is 13.6. The first-order valence-corrected chi connectivity index (χ1v) is 6.08. The molecule has 0 aliphatic carbocycles. The Bertz CT molecular complexity index is 572. The molecule has 5 heteroatoms. The van der Waals surface area contributed by atoms with Gasteiger partial charge in [0.15, 0.2) is 0 Å². The van der Waals surface area contributed by atoms with Crippen LogP contribution in [0.5, 0.6) is 0 Å². The smallest absolute Gasteiger partial charge is 0.127 e.